The lowest BCUT2D eigenvalue weighted by Crippen LogP contribution is -2.46. The summed E-state index contributed by atoms with van der Waals surface area (Å²) in [4.78, 5) is 24.2. The third kappa shape index (κ3) is 5.43. The predicted octanol–water partition coefficient (Wildman–Crippen LogP) is 1.47. The average molecular weight is 393 g/mol. The molecule has 146 valence electrons. The number of thioether (sulfide) groups is 1. The minimum Gasteiger partial charge on any atom is -0.497 e. The van der Waals surface area contributed by atoms with E-state index < -0.39 is 12.0 Å². The SMILES string of the molecule is CC[C@@H](C)[C@H](NC(=O)CSc1nnnn1-c1ccc(OC)cc1)C(=O)OC. The van der Waals surface area contributed by atoms with Crippen LogP contribution in [0.3, 0.4) is 0 Å². The van der Waals surface area contributed by atoms with E-state index in [9.17, 15) is 9.59 Å². The highest BCUT2D eigenvalue weighted by molar-refractivity contribution is 7.99. The molecule has 1 amide bonds. The van der Waals surface area contributed by atoms with E-state index >= 15 is 0 Å². The van der Waals surface area contributed by atoms with Gasteiger partial charge in [-0.25, -0.2) is 4.79 Å². The summed E-state index contributed by atoms with van der Waals surface area (Å²) >= 11 is 1.18. The molecule has 10 heteroatoms. The van der Waals surface area contributed by atoms with Crippen LogP contribution in [0, 0.1) is 5.92 Å². The van der Waals surface area contributed by atoms with Crippen molar-refractivity contribution >= 4 is 23.6 Å². The van der Waals surface area contributed by atoms with E-state index in [1.165, 1.54) is 23.6 Å². The molecule has 2 rings (SSSR count). The fraction of sp³-hybridized carbons (Fsp3) is 0.471. The predicted molar refractivity (Wildman–Crippen MR) is 99.8 cm³/mol. The van der Waals surface area contributed by atoms with Gasteiger partial charge in [-0.05, 0) is 40.6 Å². The Morgan fingerprint density at radius 1 is 1.26 bits per heavy atom. The van der Waals surface area contributed by atoms with Crippen LogP contribution in [0.25, 0.3) is 5.69 Å². The molecule has 1 aromatic heterocycles. The van der Waals surface area contributed by atoms with Crippen LogP contribution in [0.2, 0.25) is 0 Å². The number of amides is 1. The van der Waals surface area contributed by atoms with Crippen molar-refractivity contribution in [2.75, 3.05) is 20.0 Å². The van der Waals surface area contributed by atoms with Crippen LogP contribution in [0.1, 0.15) is 20.3 Å². The monoisotopic (exact) mass is 393 g/mol. The van der Waals surface area contributed by atoms with Crippen molar-refractivity contribution in [3.63, 3.8) is 0 Å². The number of tetrazole rings is 1. The Bertz CT molecular complexity index is 765. The molecule has 0 fully saturated rings. The van der Waals surface area contributed by atoms with Gasteiger partial charge in [-0.2, -0.15) is 4.68 Å². The average Bonchev–Trinajstić information content (AvgIpc) is 3.18. The van der Waals surface area contributed by atoms with Crippen molar-refractivity contribution in [3.05, 3.63) is 24.3 Å². The minimum atomic E-state index is -0.675. The van der Waals surface area contributed by atoms with Crippen LogP contribution in [-0.4, -0.2) is 58.1 Å². The Hall–Kier alpha value is -2.62. The minimum absolute atomic E-state index is 0.0315. The van der Waals surface area contributed by atoms with Crippen molar-refractivity contribution in [2.24, 2.45) is 5.92 Å². The first-order chi connectivity index (χ1) is 13.0. The summed E-state index contributed by atoms with van der Waals surface area (Å²) in [6.45, 7) is 3.84. The van der Waals surface area contributed by atoms with E-state index in [4.69, 9.17) is 9.47 Å². The van der Waals surface area contributed by atoms with Gasteiger partial charge in [0.1, 0.15) is 11.8 Å². The molecule has 0 aliphatic carbocycles. The Morgan fingerprint density at radius 2 is 1.96 bits per heavy atom. The lowest BCUT2D eigenvalue weighted by atomic mass is 9.99. The number of nitrogens with zero attached hydrogens (tertiary/aromatic N) is 4. The Kier molecular flexibility index (Phi) is 7.59. The number of hydrogen-bond donors (Lipinski definition) is 1. The highest BCUT2D eigenvalue weighted by Gasteiger charge is 2.26. The van der Waals surface area contributed by atoms with Gasteiger partial charge in [-0.1, -0.05) is 32.0 Å². The molecule has 0 aliphatic rings. The van der Waals surface area contributed by atoms with E-state index in [2.05, 4.69) is 20.8 Å². The van der Waals surface area contributed by atoms with E-state index in [0.717, 1.165) is 17.9 Å². The number of hydrogen-bond acceptors (Lipinski definition) is 8. The van der Waals surface area contributed by atoms with Gasteiger partial charge in [0.15, 0.2) is 0 Å². The van der Waals surface area contributed by atoms with Gasteiger partial charge in [-0.15, -0.1) is 5.10 Å². The normalized spacial score (nSPS) is 12.9. The molecule has 0 spiro atoms. The number of carbonyl (C=O) groups is 2. The van der Waals surface area contributed by atoms with Crippen LogP contribution in [-0.2, 0) is 14.3 Å². The van der Waals surface area contributed by atoms with Gasteiger partial charge in [0.25, 0.3) is 0 Å². The molecular formula is C17H23N5O4S. The smallest absolute Gasteiger partial charge is 0.328 e. The second kappa shape index (κ2) is 9.91. The van der Waals surface area contributed by atoms with Gasteiger partial charge in [-0.3, -0.25) is 4.79 Å². The molecule has 1 aromatic carbocycles. The van der Waals surface area contributed by atoms with Crippen molar-refractivity contribution in [2.45, 2.75) is 31.5 Å². The standard InChI is InChI=1S/C17H23N5O4S/c1-5-11(2)15(16(24)26-4)18-14(23)10-27-17-19-20-21-22(17)12-6-8-13(25-3)9-7-12/h6-9,11,15H,5,10H2,1-4H3,(H,18,23)/t11-,15+/m1/s1. The largest absolute Gasteiger partial charge is 0.497 e. The lowest BCUT2D eigenvalue weighted by Gasteiger charge is -2.21. The second-order valence-corrected chi connectivity index (χ2v) is 6.76. The van der Waals surface area contributed by atoms with Crippen LogP contribution in [0.4, 0.5) is 0 Å². The van der Waals surface area contributed by atoms with Gasteiger partial charge in [0.2, 0.25) is 11.1 Å². The summed E-state index contributed by atoms with van der Waals surface area (Å²) < 4.78 is 11.4. The fourth-order valence-electron chi connectivity index (χ4n) is 2.30. The molecule has 1 N–H and O–H groups in total. The van der Waals surface area contributed by atoms with E-state index in [0.29, 0.717) is 5.16 Å². The fourth-order valence-corrected chi connectivity index (χ4v) is 3.00. The summed E-state index contributed by atoms with van der Waals surface area (Å²) in [7, 11) is 2.90. The number of ether oxygens (including phenoxy) is 2. The zero-order chi connectivity index (χ0) is 19.8. The van der Waals surface area contributed by atoms with Gasteiger partial charge < -0.3 is 14.8 Å². The number of rotatable bonds is 9. The molecule has 0 radical (unpaired) electrons. The Labute approximate surface area is 161 Å². The highest BCUT2D eigenvalue weighted by Crippen LogP contribution is 2.20. The zero-order valence-electron chi connectivity index (χ0n) is 15.7. The quantitative estimate of drug-likeness (QED) is 0.504. The Balaban J connectivity index is 2.01. The number of nitrogens with one attached hydrogen (secondary N) is 1. The molecule has 1 heterocycles. The third-order valence-corrected chi connectivity index (χ3v) is 4.99. The van der Waals surface area contributed by atoms with E-state index in [1.54, 1.807) is 19.2 Å². The van der Waals surface area contributed by atoms with Gasteiger partial charge in [0.05, 0.1) is 25.7 Å². The number of carbonyl (C=O) groups excluding carboxylic acids is 2. The molecule has 0 saturated carbocycles. The summed E-state index contributed by atoms with van der Waals surface area (Å²) in [5, 5.41) is 14.8. The molecule has 0 aliphatic heterocycles. The molecule has 27 heavy (non-hydrogen) atoms. The van der Waals surface area contributed by atoms with Crippen molar-refractivity contribution < 1.29 is 19.1 Å². The van der Waals surface area contributed by atoms with Crippen molar-refractivity contribution in [1.82, 2.24) is 25.5 Å². The van der Waals surface area contributed by atoms with Gasteiger partial charge in [0, 0.05) is 0 Å². The summed E-state index contributed by atoms with van der Waals surface area (Å²) in [5.41, 5.74) is 0.746. The van der Waals surface area contributed by atoms with E-state index in [-0.39, 0.29) is 17.6 Å². The maximum atomic E-state index is 12.3. The maximum absolute atomic E-state index is 12.3. The van der Waals surface area contributed by atoms with E-state index in [1.807, 2.05) is 26.0 Å². The first-order valence-corrected chi connectivity index (χ1v) is 9.41. The molecule has 2 atom stereocenters. The van der Waals surface area contributed by atoms with Crippen LogP contribution < -0.4 is 10.1 Å². The first kappa shape index (κ1) is 20.7. The third-order valence-electron chi connectivity index (χ3n) is 4.07. The lowest BCUT2D eigenvalue weighted by molar-refractivity contribution is -0.146. The van der Waals surface area contributed by atoms with Crippen molar-refractivity contribution in [3.8, 4) is 11.4 Å². The topological polar surface area (TPSA) is 108 Å². The molecule has 0 bridgehead atoms. The summed E-state index contributed by atoms with van der Waals surface area (Å²) in [6, 6.07) is 6.55. The molecule has 0 saturated heterocycles. The van der Waals surface area contributed by atoms with Gasteiger partial charge >= 0.3 is 5.97 Å². The molecule has 9 nitrogen and oxygen atoms in total. The maximum Gasteiger partial charge on any atom is 0.328 e. The molecular weight excluding hydrogens is 370 g/mol. The number of esters is 1. The van der Waals surface area contributed by atoms with Crippen LogP contribution in [0.5, 0.6) is 5.75 Å². The Morgan fingerprint density at radius 3 is 2.56 bits per heavy atom. The molecule has 0 unspecified atom stereocenters. The summed E-state index contributed by atoms with van der Waals surface area (Å²) in [5.74, 6) is 0.0153. The number of benzene rings is 1. The second-order valence-electron chi connectivity index (χ2n) is 5.81. The number of methoxy groups -OCH3 is 2. The summed E-state index contributed by atoms with van der Waals surface area (Å²) in [6.07, 6.45) is 0.739. The first-order valence-electron chi connectivity index (χ1n) is 8.42. The molecule has 2 aromatic rings. The highest BCUT2D eigenvalue weighted by atomic mass is 32.2. The van der Waals surface area contributed by atoms with Crippen molar-refractivity contribution in [1.29, 1.82) is 0 Å². The van der Waals surface area contributed by atoms with Crippen LogP contribution >= 0.6 is 11.8 Å². The zero-order valence-corrected chi connectivity index (χ0v) is 16.5. The van der Waals surface area contributed by atoms with Crippen LogP contribution in [0.15, 0.2) is 29.4 Å². The number of aromatic nitrogens is 4.